The molecule has 0 saturated carbocycles. The number of nitrogens with one attached hydrogen (secondary N) is 1. The highest BCUT2D eigenvalue weighted by molar-refractivity contribution is 5.92. The molecule has 4 heterocycles. The van der Waals surface area contributed by atoms with Gasteiger partial charge in [-0.25, -0.2) is 4.68 Å². The van der Waals surface area contributed by atoms with Crippen molar-refractivity contribution in [1.82, 2.24) is 30.3 Å². The number of carbonyl (C=O) groups is 1. The fourth-order valence-electron chi connectivity index (χ4n) is 4.56. The number of rotatable bonds is 5. The molecular weight excluding hydrogens is 414 g/mol. The molecule has 33 heavy (non-hydrogen) atoms. The lowest BCUT2D eigenvalue weighted by Gasteiger charge is -2.32. The normalized spacial score (nSPS) is 16.2. The molecule has 168 valence electrons. The average Bonchev–Trinajstić information content (AvgIpc) is 3.22. The molecule has 0 unspecified atom stereocenters. The fraction of sp³-hybridized carbons (Fsp3) is 0.320. The maximum atomic E-state index is 12.9. The Morgan fingerprint density at radius 1 is 1.12 bits per heavy atom. The SMILES string of the molecule is Cc1nnc(N2CCC[C@H](C(=O)NCc3cccnc3)C2)c2nn(-c3ccccc3)c(C)c12. The van der Waals surface area contributed by atoms with Crippen LogP contribution in [0, 0.1) is 19.8 Å². The van der Waals surface area contributed by atoms with Gasteiger partial charge in [0, 0.05) is 32.0 Å². The first-order valence-corrected chi connectivity index (χ1v) is 11.3. The molecule has 1 aliphatic heterocycles. The topological polar surface area (TPSA) is 88.8 Å². The zero-order valence-electron chi connectivity index (χ0n) is 18.9. The molecule has 1 saturated heterocycles. The summed E-state index contributed by atoms with van der Waals surface area (Å²) in [5.74, 6) is 0.704. The average molecular weight is 442 g/mol. The third-order valence-electron chi connectivity index (χ3n) is 6.27. The summed E-state index contributed by atoms with van der Waals surface area (Å²) < 4.78 is 1.95. The predicted octanol–water partition coefficient (Wildman–Crippen LogP) is 3.36. The van der Waals surface area contributed by atoms with Crippen molar-refractivity contribution >= 4 is 22.6 Å². The molecule has 1 aromatic carbocycles. The molecule has 1 atom stereocenters. The number of anilines is 1. The lowest BCUT2D eigenvalue weighted by Crippen LogP contribution is -2.43. The standard InChI is InChI=1S/C25H27N7O/c1-17-22-18(2)32(21-10-4-3-5-11-21)30-23(22)24(29-28-17)31-13-7-9-20(16-31)25(33)27-15-19-8-6-12-26-14-19/h3-6,8,10-12,14,20H,7,9,13,15-16H2,1-2H3,(H,27,33)/t20-/m0/s1. The van der Waals surface area contributed by atoms with Crippen LogP contribution in [0.1, 0.15) is 29.8 Å². The summed E-state index contributed by atoms with van der Waals surface area (Å²) in [7, 11) is 0. The number of piperidine rings is 1. The van der Waals surface area contributed by atoms with Gasteiger partial charge in [-0.1, -0.05) is 24.3 Å². The summed E-state index contributed by atoms with van der Waals surface area (Å²) in [5, 5.41) is 18.0. The highest BCUT2D eigenvalue weighted by Gasteiger charge is 2.29. The van der Waals surface area contributed by atoms with Crippen molar-refractivity contribution in [1.29, 1.82) is 0 Å². The van der Waals surface area contributed by atoms with Gasteiger partial charge in [-0.15, -0.1) is 5.10 Å². The van der Waals surface area contributed by atoms with Gasteiger partial charge in [-0.2, -0.15) is 10.2 Å². The van der Waals surface area contributed by atoms with Crippen LogP contribution in [0.15, 0.2) is 54.9 Å². The van der Waals surface area contributed by atoms with E-state index in [1.165, 1.54) is 0 Å². The molecule has 3 aromatic heterocycles. The minimum Gasteiger partial charge on any atom is -0.352 e. The highest BCUT2D eigenvalue weighted by Crippen LogP contribution is 2.31. The van der Waals surface area contributed by atoms with Gasteiger partial charge in [-0.05, 0) is 50.5 Å². The first-order chi connectivity index (χ1) is 16.1. The number of aromatic nitrogens is 5. The van der Waals surface area contributed by atoms with E-state index in [1.807, 2.05) is 54.1 Å². The predicted molar refractivity (Wildman–Crippen MR) is 127 cm³/mol. The van der Waals surface area contributed by atoms with Crippen LogP contribution < -0.4 is 10.2 Å². The Kier molecular flexibility index (Phi) is 5.73. The third-order valence-corrected chi connectivity index (χ3v) is 6.27. The maximum absolute atomic E-state index is 12.9. The Balaban J connectivity index is 1.40. The van der Waals surface area contributed by atoms with Gasteiger partial charge in [0.1, 0.15) is 5.52 Å². The molecule has 0 spiro atoms. The van der Waals surface area contributed by atoms with E-state index >= 15 is 0 Å². The molecule has 1 aliphatic rings. The van der Waals surface area contributed by atoms with E-state index in [0.717, 1.165) is 58.7 Å². The Morgan fingerprint density at radius 3 is 2.76 bits per heavy atom. The number of hydrogen-bond acceptors (Lipinski definition) is 6. The number of carbonyl (C=O) groups excluding carboxylic acids is 1. The molecular formula is C25H27N7O. The second kappa shape index (κ2) is 8.97. The van der Waals surface area contributed by atoms with E-state index in [-0.39, 0.29) is 11.8 Å². The van der Waals surface area contributed by atoms with Crippen molar-refractivity contribution < 1.29 is 4.79 Å². The molecule has 0 aliphatic carbocycles. The number of pyridine rings is 1. The lowest BCUT2D eigenvalue weighted by molar-refractivity contribution is -0.125. The van der Waals surface area contributed by atoms with Gasteiger partial charge in [0.15, 0.2) is 5.82 Å². The van der Waals surface area contributed by atoms with Crippen molar-refractivity contribution in [2.75, 3.05) is 18.0 Å². The van der Waals surface area contributed by atoms with Crippen LogP contribution in [-0.4, -0.2) is 44.0 Å². The monoisotopic (exact) mass is 441 g/mol. The van der Waals surface area contributed by atoms with E-state index in [4.69, 9.17) is 5.10 Å². The van der Waals surface area contributed by atoms with Crippen molar-refractivity contribution in [3.05, 3.63) is 71.8 Å². The summed E-state index contributed by atoms with van der Waals surface area (Å²) in [5.41, 5.74) is 4.72. The Morgan fingerprint density at radius 2 is 1.97 bits per heavy atom. The minimum absolute atomic E-state index is 0.0610. The number of aryl methyl sites for hydroxylation is 2. The first kappa shape index (κ1) is 21.1. The van der Waals surface area contributed by atoms with Gasteiger partial charge < -0.3 is 10.2 Å². The van der Waals surface area contributed by atoms with E-state index in [1.54, 1.807) is 12.4 Å². The largest absolute Gasteiger partial charge is 0.352 e. The summed E-state index contributed by atoms with van der Waals surface area (Å²) >= 11 is 0. The Labute approximate surface area is 192 Å². The van der Waals surface area contributed by atoms with E-state index in [9.17, 15) is 4.79 Å². The summed E-state index contributed by atoms with van der Waals surface area (Å²) in [6, 6.07) is 13.9. The van der Waals surface area contributed by atoms with Crippen LogP contribution in [0.3, 0.4) is 0 Å². The van der Waals surface area contributed by atoms with Crippen molar-refractivity contribution in [2.24, 2.45) is 5.92 Å². The zero-order chi connectivity index (χ0) is 22.8. The number of fused-ring (bicyclic) bond motifs is 1. The third kappa shape index (κ3) is 4.16. The minimum atomic E-state index is -0.106. The number of hydrogen-bond donors (Lipinski definition) is 1. The van der Waals surface area contributed by atoms with E-state index in [2.05, 4.69) is 32.3 Å². The van der Waals surface area contributed by atoms with Crippen LogP contribution in [0.4, 0.5) is 5.82 Å². The van der Waals surface area contributed by atoms with Crippen LogP contribution in [0.25, 0.3) is 16.6 Å². The lowest BCUT2D eigenvalue weighted by atomic mass is 9.97. The van der Waals surface area contributed by atoms with Crippen LogP contribution in [0.5, 0.6) is 0 Å². The molecule has 8 heteroatoms. The van der Waals surface area contributed by atoms with Gasteiger partial charge in [0.05, 0.1) is 28.4 Å². The maximum Gasteiger partial charge on any atom is 0.225 e. The first-order valence-electron chi connectivity index (χ1n) is 11.3. The van der Waals surface area contributed by atoms with Crippen LogP contribution in [-0.2, 0) is 11.3 Å². The van der Waals surface area contributed by atoms with E-state index < -0.39 is 0 Å². The highest BCUT2D eigenvalue weighted by atomic mass is 16.1. The quantitative estimate of drug-likeness (QED) is 0.511. The molecule has 5 rings (SSSR count). The molecule has 8 nitrogen and oxygen atoms in total. The van der Waals surface area contributed by atoms with Crippen molar-refractivity contribution in [2.45, 2.75) is 33.2 Å². The van der Waals surface area contributed by atoms with Crippen molar-refractivity contribution in [3.8, 4) is 5.69 Å². The van der Waals surface area contributed by atoms with Gasteiger partial charge in [0.2, 0.25) is 5.91 Å². The Bertz CT molecular complexity index is 1270. The van der Waals surface area contributed by atoms with Gasteiger partial charge in [-0.3, -0.25) is 9.78 Å². The molecule has 1 N–H and O–H groups in total. The molecule has 1 amide bonds. The Hall–Kier alpha value is -3.81. The number of amides is 1. The zero-order valence-corrected chi connectivity index (χ0v) is 18.9. The summed E-state index contributed by atoms with van der Waals surface area (Å²) in [6.45, 7) is 5.94. The van der Waals surface area contributed by atoms with Crippen LogP contribution >= 0.6 is 0 Å². The second-order valence-electron chi connectivity index (χ2n) is 8.53. The summed E-state index contributed by atoms with van der Waals surface area (Å²) in [4.78, 5) is 19.2. The molecule has 4 aromatic rings. The van der Waals surface area contributed by atoms with Gasteiger partial charge >= 0.3 is 0 Å². The smallest absolute Gasteiger partial charge is 0.225 e. The summed E-state index contributed by atoms with van der Waals surface area (Å²) in [6.07, 6.45) is 5.28. The second-order valence-corrected chi connectivity index (χ2v) is 8.53. The number of nitrogens with zero attached hydrogens (tertiary/aromatic N) is 6. The molecule has 0 bridgehead atoms. The van der Waals surface area contributed by atoms with E-state index in [0.29, 0.717) is 13.1 Å². The fourth-order valence-corrected chi connectivity index (χ4v) is 4.56. The molecule has 1 fully saturated rings. The van der Waals surface area contributed by atoms with Crippen molar-refractivity contribution in [3.63, 3.8) is 0 Å². The number of benzene rings is 1. The van der Waals surface area contributed by atoms with Crippen LogP contribution in [0.2, 0.25) is 0 Å². The number of para-hydroxylation sites is 1. The molecule has 0 radical (unpaired) electrons. The van der Waals surface area contributed by atoms with Gasteiger partial charge in [0.25, 0.3) is 0 Å².